The third kappa shape index (κ3) is 1.55. The summed E-state index contributed by atoms with van der Waals surface area (Å²) in [4.78, 5) is 0. The number of fused-ring (bicyclic) bond motifs is 1. The second kappa shape index (κ2) is 4.00. The molecule has 0 unspecified atom stereocenters. The minimum Gasteiger partial charge on any atom is -0.381 e. The number of hydrogen-bond donors (Lipinski definition) is 2. The van der Waals surface area contributed by atoms with Crippen LogP contribution in [0.4, 0.5) is 5.69 Å². The van der Waals surface area contributed by atoms with Crippen LogP contribution in [0.25, 0.3) is 10.9 Å². The zero-order valence-electron chi connectivity index (χ0n) is 11.7. The minimum absolute atomic E-state index is 0.697. The van der Waals surface area contributed by atoms with Crippen LogP contribution in [0, 0.1) is 23.7 Å². The van der Waals surface area contributed by atoms with Gasteiger partial charge in [-0.2, -0.15) is 5.10 Å². The number of H-pyrrole nitrogens is 1. The van der Waals surface area contributed by atoms with Crippen LogP contribution in [0.2, 0.25) is 0 Å². The quantitative estimate of drug-likeness (QED) is 0.869. The van der Waals surface area contributed by atoms with E-state index in [4.69, 9.17) is 0 Å². The van der Waals surface area contributed by atoms with E-state index in [1.807, 2.05) is 6.20 Å². The highest BCUT2D eigenvalue weighted by atomic mass is 15.1. The smallest absolute Gasteiger partial charge is 0.0671 e. The lowest BCUT2D eigenvalue weighted by atomic mass is 9.54. The maximum absolute atomic E-state index is 4.18. The monoisotopic (exact) mass is 267 g/mol. The molecule has 0 amide bonds. The fraction of sp³-hybridized carbons (Fsp3) is 0.588. The van der Waals surface area contributed by atoms with Crippen molar-refractivity contribution < 1.29 is 0 Å². The van der Waals surface area contributed by atoms with E-state index in [9.17, 15) is 0 Å². The van der Waals surface area contributed by atoms with E-state index in [2.05, 4.69) is 33.7 Å². The number of rotatable bonds is 2. The molecule has 4 saturated carbocycles. The lowest BCUT2D eigenvalue weighted by Gasteiger charge is -2.54. The van der Waals surface area contributed by atoms with Crippen LogP contribution in [0.15, 0.2) is 24.4 Å². The van der Waals surface area contributed by atoms with Gasteiger partial charge in [-0.15, -0.1) is 0 Å². The van der Waals surface area contributed by atoms with Crippen LogP contribution in [0.3, 0.4) is 0 Å². The number of nitrogens with one attached hydrogen (secondary N) is 2. The van der Waals surface area contributed by atoms with Crippen LogP contribution >= 0.6 is 0 Å². The first-order valence-electron chi connectivity index (χ1n) is 8.05. The molecule has 3 heteroatoms. The van der Waals surface area contributed by atoms with Gasteiger partial charge in [0, 0.05) is 17.1 Å². The van der Waals surface area contributed by atoms with Crippen LogP contribution in [-0.4, -0.2) is 16.2 Å². The Balaban J connectivity index is 1.48. The van der Waals surface area contributed by atoms with E-state index in [0.29, 0.717) is 6.04 Å². The van der Waals surface area contributed by atoms with Gasteiger partial charge in [0.2, 0.25) is 0 Å². The Bertz CT molecular complexity index is 616. The molecule has 0 aliphatic heterocycles. The Morgan fingerprint density at radius 1 is 1.00 bits per heavy atom. The topological polar surface area (TPSA) is 40.7 Å². The second-order valence-electron chi connectivity index (χ2n) is 7.24. The van der Waals surface area contributed by atoms with Crippen molar-refractivity contribution in [2.75, 3.05) is 5.32 Å². The van der Waals surface area contributed by atoms with Gasteiger partial charge < -0.3 is 5.32 Å². The molecule has 1 aromatic heterocycles. The lowest BCUT2D eigenvalue weighted by Crippen LogP contribution is -2.51. The molecule has 4 fully saturated rings. The number of aromatic nitrogens is 2. The number of nitrogens with zero attached hydrogens (tertiary/aromatic N) is 1. The lowest BCUT2D eigenvalue weighted by molar-refractivity contribution is 0.00758. The highest BCUT2D eigenvalue weighted by Gasteiger charge is 2.48. The standard InChI is InChI=1S/C17H21N3/c1-2-15(14-9-18-20-16(14)3-1)19-17-12-5-10-4-11(7-12)8-13(17)6-10/h1-3,9-13,17,19H,4-8H2,(H,18,20). The maximum atomic E-state index is 4.18. The van der Waals surface area contributed by atoms with E-state index < -0.39 is 0 Å². The van der Waals surface area contributed by atoms with Crippen molar-refractivity contribution in [3.63, 3.8) is 0 Å². The molecule has 0 saturated heterocycles. The molecule has 1 heterocycles. The Morgan fingerprint density at radius 2 is 1.75 bits per heavy atom. The largest absolute Gasteiger partial charge is 0.381 e. The summed E-state index contributed by atoms with van der Waals surface area (Å²) in [6.07, 6.45) is 9.33. The average Bonchev–Trinajstić information content (AvgIpc) is 2.91. The van der Waals surface area contributed by atoms with Gasteiger partial charge >= 0.3 is 0 Å². The Labute approximate surface area is 119 Å². The fourth-order valence-electron chi connectivity index (χ4n) is 5.43. The Morgan fingerprint density at radius 3 is 2.50 bits per heavy atom. The molecule has 20 heavy (non-hydrogen) atoms. The van der Waals surface area contributed by atoms with E-state index in [1.165, 1.54) is 43.2 Å². The molecule has 4 bridgehead atoms. The zero-order valence-corrected chi connectivity index (χ0v) is 11.7. The molecule has 104 valence electrons. The molecule has 0 radical (unpaired) electrons. The van der Waals surface area contributed by atoms with Crippen molar-refractivity contribution in [2.24, 2.45) is 23.7 Å². The van der Waals surface area contributed by atoms with Crippen molar-refractivity contribution in [3.05, 3.63) is 24.4 Å². The van der Waals surface area contributed by atoms with E-state index in [-0.39, 0.29) is 0 Å². The highest BCUT2D eigenvalue weighted by Crippen LogP contribution is 2.54. The van der Waals surface area contributed by atoms with Crippen LogP contribution in [0.5, 0.6) is 0 Å². The molecule has 4 aliphatic carbocycles. The van der Waals surface area contributed by atoms with Crippen LogP contribution in [-0.2, 0) is 0 Å². The average molecular weight is 267 g/mol. The zero-order chi connectivity index (χ0) is 13.1. The first-order valence-corrected chi connectivity index (χ1v) is 8.05. The third-order valence-electron chi connectivity index (χ3n) is 6.03. The molecule has 4 aliphatic rings. The van der Waals surface area contributed by atoms with Gasteiger partial charge in [-0.1, -0.05) is 6.07 Å². The van der Waals surface area contributed by atoms with Gasteiger partial charge in [0.15, 0.2) is 0 Å². The predicted octanol–water partition coefficient (Wildman–Crippen LogP) is 3.80. The summed E-state index contributed by atoms with van der Waals surface area (Å²) in [6.45, 7) is 0. The van der Waals surface area contributed by atoms with Gasteiger partial charge in [0.05, 0.1) is 11.7 Å². The van der Waals surface area contributed by atoms with Gasteiger partial charge in [0.1, 0.15) is 0 Å². The summed E-state index contributed by atoms with van der Waals surface area (Å²) in [5, 5.41) is 12.4. The van der Waals surface area contributed by atoms with E-state index in [0.717, 1.165) is 29.2 Å². The van der Waals surface area contributed by atoms with E-state index >= 15 is 0 Å². The first-order chi connectivity index (χ1) is 9.87. The van der Waals surface area contributed by atoms with Gasteiger partial charge in [0.25, 0.3) is 0 Å². The SMILES string of the molecule is c1cc(NC2C3CC4CC(C3)CC2C4)c2cn[nH]c2c1. The number of anilines is 1. The molecule has 0 atom stereocenters. The van der Waals surface area contributed by atoms with Crippen molar-refractivity contribution in [3.8, 4) is 0 Å². The normalized spacial score (nSPS) is 38.5. The van der Waals surface area contributed by atoms with Crippen LogP contribution in [0.1, 0.15) is 32.1 Å². The predicted molar refractivity (Wildman–Crippen MR) is 80.5 cm³/mol. The molecule has 2 aromatic rings. The van der Waals surface area contributed by atoms with Gasteiger partial charge in [-0.05, 0) is 67.9 Å². The molecule has 1 aromatic carbocycles. The van der Waals surface area contributed by atoms with E-state index in [1.54, 1.807) is 0 Å². The second-order valence-corrected chi connectivity index (χ2v) is 7.24. The summed E-state index contributed by atoms with van der Waals surface area (Å²) in [5.74, 6) is 3.90. The third-order valence-corrected chi connectivity index (χ3v) is 6.03. The summed E-state index contributed by atoms with van der Waals surface area (Å²) in [5.41, 5.74) is 2.41. The van der Waals surface area contributed by atoms with Crippen molar-refractivity contribution in [1.82, 2.24) is 10.2 Å². The molecular weight excluding hydrogens is 246 g/mol. The first kappa shape index (κ1) is 11.2. The maximum Gasteiger partial charge on any atom is 0.0671 e. The molecule has 2 N–H and O–H groups in total. The number of benzene rings is 1. The van der Waals surface area contributed by atoms with Gasteiger partial charge in [-0.25, -0.2) is 0 Å². The minimum atomic E-state index is 0.697. The Hall–Kier alpha value is -1.51. The molecule has 3 nitrogen and oxygen atoms in total. The molecular formula is C17H21N3. The fourth-order valence-corrected chi connectivity index (χ4v) is 5.43. The van der Waals surface area contributed by atoms with Crippen molar-refractivity contribution in [1.29, 1.82) is 0 Å². The summed E-state index contributed by atoms with van der Waals surface area (Å²) < 4.78 is 0. The van der Waals surface area contributed by atoms with Crippen molar-refractivity contribution in [2.45, 2.75) is 38.1 Å². The molecule has 6 rings (SSSR count). The molecule has 0 spiro atoms. The number of aromatic amines is 1. The van der Waals surface area contributed by atoms with Gasteiger partial charge in [-0.3, -0.25) is 5.10 Å². The summed E-state index contributed by atoms with van der Waals surface area (Å²) in [7, 11) is 0. The van der Waals surface area contributed by atoms with Crippen LogP contribution < -0.4 is 5.32 Å². The highest BCUT2D eigenvalue weighted by molar-refractivity contribution is 5.90. The van der Waals surface area contributed by atoms with Crippen molar-refractivity contribution >= 4 is 16.6 Å². The Kier molecular flexibility index (Phi) is 2.24. The number of hydrogen-bond acceptors (Lipinski definition) is 2. The summed E-state index contributed by atoms with van der Waals surface area (Å²) >= 11 is 0. The summed E-state index contributed by atoms with van der Waals surface area (Å²) in [6, 6.07) is 7.13.